The Morgan fingerprint density at radius 1 is 1.25 bits per heavy atom. The zero-order valence-electron chi connectivity index (χ0n) is 11.2. The molecule has 0 saturated carbocycles. The summed E-state index contributed by atoms with van der Waals surface area (Å²) >= 11 is 0. The van der Waals surface area contributed by atoms with Gasteiger partial charge in [0.25, 0.3) is 0 Å². The van der Waals surface area contributed by atoms with E-state index in [1.54, 1.807) is 18.2 Å². The highest BCUT2D eigenvalue weighted by Crippen LogP contribution is 2.25. The van der Waals surface area contributed by atoms with E-state index in [0.29, 0.717) is 0 Å². The summed E-state index contributed by atoms with van der Waals surface area (Å²) in [6, 6.07) is 4.91. The molecule has 1 aliphatic rings. The number of rotatable bonds is 6. The molecule has 1 heterocycles. The molecule has 1 aromatic rings. The third-order valence-electron chi connectivity index (χ3n) is 3.25. The molecule has 0 amide bonds. The molecule has 1 aromatic carbocycles. The Balaban J connectivity index is 2.07. The molecule has 0 radical (unpaired) electrons. The summed E-state index contributed by atoms with van der Waals surface area (Å²) in [5.41, 5.74) is 1.92. The molecule has 0 aromatic heterocycles. The molecule has 0 saturated heterocycles. The quantitative estimate of drug-likeness (QED) is 0.790. The van der Waals surface area contributed by atoms with Gasteiger partial charge in [-0.2, -0.15) is 0 Å². The van der Waals surface area contributed by atoms with Crippen LogP contribution in [0.5, 0.6) is 0 Å². The van der Waals surface area contributed by atoms with Crippen LogP contribution in [0.2, 0.25) is 0 Å². The van der Waals surface area contributed by atoms with E-state index in [-0.39, 0.29) is 22.9 Å². The SMILES string of the molecule is CCS(=O)(=O)CCNS(=O)(=O)c1ccc2c(c1)NCC2. The van der Waals surface area contributed by atoms with Crippen molar-refractivity contribution in [1.29, 1.82) is 0 Å². The Labute approximate surface area is 119 Å². The summed E-state index contributed by atoms with van der Waals surface area (Å²) in [5.74, 6) is -0.177. The Kier molecular flexibility index (Phi) is 4.36. The van der Waals surface area contributed by atoms with E-state index in [1.807, 2.05) is 0 Å². The number of sulfone groups is 1. The van der Waals surface area contributed by atoms with Crippen LogP contribution >= 0.6 is 0 Å². The van der Waals surface area contributed by atoms with E-state index < -0.39 is 19.9 Å². The highest BCUT2D eigenvalue weighted by Gasteiger charge is 2.18. The lowest BCUT2D eigenvalue weighted by molar-refractivity contribution is 0.581. The molecule has 2 rings (SSSR count). The molecule has 8 heteroatoms. The average Bonchev–Trinajstić information content (AvgIpc) is 2.85. The summed E-state index contributed by atoms with van der Waals surface area (Å²) in [6.45, 7) is 2.24. The first-order valence-corrected chi connectivity index (χ1v) is 9.71. The molecule has 1 aliphatic heterocycles. The van der Waals surface area contributed by atoms with E-state index in [1.165, 1.54) is 6.92 Å². The zero-order chi connectivity index (χ0) is 14.8. The maximum Gasteiger partial charge on any atom is 0.240 e. The number of fused-ring (bicyclic) bond motifs is 1. The van der Waals surface area contributed by atoms with Crippen molar-refractivity contribution in [1.82, 2.24) is 4.72 Å². The van der Waals surface area contributed by atoms with Gasteiger partial charge in [0.2, 0.25) is 10.0 Å². The Bertz CT molecular complexity index is 696. The molecule has 6 nitrogen and oxygen atoms in total. The first-order valence-electron chi connectivity index (χ1n) is 6.41. The second-order valence-corrected chi connectivity index (χ2v) is 8.87. The topological polar surface area (TPSA) is 92.3 Å². The van der Waals surface area contributed by atoms with Crippen LogP contribution in [0.25, 0.3) is 0 Å². The van der Waals surface area contributed by atoms with Crippen molar-refractivity contribution < 1.29 is 16.8 Å². The van der Waals surface area contributed by atoms with Gasteiger partial charge in [-0.1, -0.05) is 13.0 Å². The van der Waals surface area contributed by atoms with Crippen LogP contribution < -0.4 is 10.0 Å². The van der Waals surface area contributed by atoms with Gasteiger partial charge in [-0.05, 0) is 24.1 Å². The minimum atomic E-state index is -3.67. The average molecular weight is 318 g/mol. The number of benzene rings is 1. The number of hydrogen-bond donors (Lipinski definition) is 2. The zero-order valence-corrected chi connectivity index (χ0v) is 12.9. The van der Waals surface area contributed by atoms with Gasteiger partial charge in [-0.15, -0.1) is 0 Å². The van der Waals surface area contributed by atoms with Gasteiger partial charge in [0.15, 0.2) is 9.84 Å². The van der Waals surface area contributed by atoms with Crippen molar-refractivity contribution in [3.05, 3.63) is 23.8 Å². The Morgan fingerprint density at radius 3 is 2.70 bits per heavy atom. The third kappa shape index (κ3) is 3.50. The summed E-state index contributed by atoms with van der Waals surface area (Å²) in [4.78, 5) is 0.152. The second kappa shape index (κ2) is 5.71. The lowest BCUT2D eigenvalue weighted by atomic mass is 10.2. The van der Waals surface area contributed by atoms with Gasteiger partial charge in [0.05, 0.1) is 10.6 Å². The Hall–Kier alpha value is -1.12. The van der Waals surface area contributed by atoms with Crippen molar-refractivity contribution >= 4 is 25.5 Å². The third-order valence-corrected chi connectivity index (χ3v) is 6.41. The van der Waals surface area contributed by atoms with Crippen LogP contribution in [-0.2, 0) is 26.3 Å². The lowest BCUT2D eigenvalue weighted by Gasteiger charge is -2.08. The summed E-state index contributed by atoms with van der Waals surface area (Å²) in [7, 11) is -6.84. The maximum absolute atomic E-state index is 12.1. The van der Waals surface area contributed by atoms with Crippen molar-refractivity contribution in [2.45, 2.75) is 18.2 Å². The van der Waals surface area contributed by atoms with Crippen molar-refractivity contribution in [3.8, 4) is 0 Å². The van der Waals surface area contributed by atoms with Gasteiger partial charge in [-0.3, -0.25) is 0 Å². The minimum absolute atomic E-state index is 0.0114. The van der Waals surface area contributed by atoms with Crippen LogP contribution in [-0.4, -0.2) is 41.4 Å². The van der Waals surface area contributed by atoms with E-state index in [9.17, 15) is 16.8 Å². The van der Waals surface area contributed by atoms with Crippen molar-refractivity contribution in [2.75, 3.05) is 29.9 Å². The lowest BCUT2D eigenvalue weighted by Crippen LogP contribution is -2.29. The molecule has 0 fully saturated rings. The molecule has 0 aliphatic carbocycles. The fourth-order valence-corrected chi connectivity index (χ4v) is 3.88. The minimum Gasteiger partial charge on any atom is -0.384 e. The van der Waals surface area contributed by atoms with Gasteiger partial charge in [-0.25, -0.2) is 21.6 Å². The first kappa shape index (κ1) is 15.3. The number of sulfonamides is 1. The molecule has 112 valence electrons. The van der Waals surface area contributed by atoms with Crippen molar-refractivity contribution in [2.24, 2.45) is 0 Å². The van der Waals surface area contributed by atoms with Gasteiger partial charge in [0.1, 0.15) is 0 Å². The largest absolute Gasteiger partial charge is 0.384 e. The summed E-state index contributed by atoms with van der Waals surface area (Å²) in [6.07, 6.45) is 0.887. The van der Waals surface area contributed by atoms with Gasteiger partial charge >= 0.3 is 0 Å². The molecule has 20 heavy (non-hydrogen) atoms. The number of hydrogen-bond acceptors (Lipinski definition) is 5. The fraction of sp³-hybridized carbons (Fsp3) is 0.500. The number of nitrogens with one attached hydrogen (secondary N) is 2. The van der Waals surface area contributed by atoms with E-state index in [0.717, 1.165) is 24.2 Å². The second-order valence-electron chi connectivity index (χ2n) is 4.63. The van der Waals surface area contributed by atoms with E-state index in [4.69, 9.17) is 0 Å². The fourth-order valence-electron chi connectivity index (χ4n) is 2.00. The molecule has 0 atom stereocenters. The van der Waals surface area contributed by atoms with Gasteiger partial charge < -0.3 is 5.32 Å². The van der Waals surface area contributed by atoms with Crippen LogP contribution in [0.4, 0.5) is 5.69 Å². The maximum atomic E-state index is 12.1. The standard InChI is InChI=1S/C12H18N2O4S2/c1-2-19(15,16)8-7-14-20(17,18)11-4-3-10-5-6-13-12(10)9-11/h3-4,9,13-14H,2,5-8H2,1H3. The number of anilines is 1. The molecule has 2 N–H and O–H groups in total. The Morgan fingerprint density at radius 2 is 2.00 bits per heavy atom. The highest BCUT2D eigenvalue weighted by atomic mass is 32.2. The molecule has 0 spiro atoms. The predicted molar refractivity (Wildman–Crippen MR) is 78.2 cm³/mol. The van der Waals surface area contributed by atoms with Crippen LogP contribution in [0.15, 0.2) is 23.1 Å². The predicted octanol–water partition coefficient (Wildman–Crippen LogP) is 0.368. The summed E-state index contributed by atoms with van der Waals surface area (Å²) in [5, 5.41) is 3.11. The molecule has 0 unspecified atom stereocenters. The van der Waals surface area contributed by atoms with E-state index >= 15 is 0 Å². The van der Waals surface area contributed by atoms with Crippen LogP contribution in [0.1, 0.15) is 12.5 Å². The van der Waals surface area contributed by atoms with Crippen molar-refractivity contribution in [3.63, 3.8) is 0 Å². The smallest absolute Gasteiger partial charge is 0.240 e. The first-order chi connectivity index (χ1) is 9.34. The van der Waals surface area contributed by atoms with Crippen LogP contribution in [0.3, 0.4) is 0 Å². The molecule has 0 bridgehead atoms. The van der Waals surface area contributed by atoms with E-state index in [2.05, 4.69) is 10.0 Å². The molecular formula is C12H18N2O4S2. The normalized spacial score (nSPS) is 14.8. The molecular weight excluding hydrogens is 300 g/mol. The van der Waals surface area contributed by atoms with Crippen LogP contribution in [0, 0.1) is 0 Å². The van der Waals surface area contributed by atoms with Gasteiger partial charge in [0, 0.05) is 24.5 Å². The highest BCUT2D eigenvalue weighted by molar-refractivity contribution is 7.91. The summed E-state index contributed by atoms with van der Waals surface area (Å²) < 4.78 is 49.1. The monoisotopic (exact) mass is 318 g/mol.